The molecule has 2 heteroatoms. The highest BCUT2D eigenvalue weighted by Crippen LogP contribution is 2.41. The van der Waals surface area contributed by atoms with Crippen molar-refractivity contribution in [3.05, 3.63) is 176 Å². The highest BCUT2D eigenvalue weighted by Gasteiger charge is 2.16. The van der Waals surface area contributed by atoms with Crippen LogP contribution in [0.15, 0.2) is 180 Å². The average Bonchev–Trinajstić information content (AvgIpc) is 3.54. The molecular weight excluding hydrogens is 583 g/mol. The van der Waals surface area contributed by atoms with Gasteiger partial charge in [-0.1, -0.05) is 121 Å². The standard InChI is InChI=1S/C46H29NO/c1-2-9-36(10-3-1)47(38-25-20-32-22-27-44-46(42(32)29-38)41-12-6-7-13-43(41)48-44)37-23-18-30(19-24-37)34-21-26-40-35(28-34)17-16-33-15-14-31-8-4-5-11-39(31)45(33)40/h1-29H. The first kappa shape index (κ1) is 26.8. The molecule has 0 unspecified atom stereocenters. The van der Waals surface area contributed by atoms with Crippen molar-refractivity contribution in [1.82, 2.24) is 0 Å². The number of hydrogen-bond acceptors (Lipinski definition) is 2. The van der Waals surface area contributed by atoms with E-state index in [1.807, 2.05) is 12.1 Å². The fourth-order valence-corrected chi connectivity index (χ4v) is 7.51. The van der Waals surface area contributed by atoms with Gasteiger partial charge in [-0.05, 0) is 109 Å². The second-order valence-corrected chi connectivity index (χ2v) is 12.5. The van der Waals surface area contributed by atoms with Crippen molar-refractivity contribution in [2.45, 2.75) is 0 Å². The zero-order valence-electron chi connectivity index (χ0n) is 26.1. The van der Waals surface area contributed by atoms with E-state index in [1.54, 1.807) is 0 Å². The van der Waals surface area contributed by atoms with E-state index in [2.05, 4.69) is 169 Å². The van der Waals surface area contributed by atoms with E-state index in [-0.39, 0.29) is 0 Å². The van der Waals surface area contributed by atoms with E-state index < -0.39 is 0 Å². The van der Waals surface area contributed by atoms with Crippen molar-refractivity contribution < 1.29 is 4.42 Å². The van der Waals surface area contributed by atoms with Crippen LogP contribution in [0.2, 0.25) is 0 Å². The second-order valence-electron chi connectivity index (χ2n) is 12.5. The molecule has 0 radical (unpaired) electrons. The Labute approximate surface area is 277 Å². The monoisotopic (exact) mass is 611 g/mol. The molecule has 0 spiro atoms. The normalized spacial score (nSPS) is 11.8. The third-order valence-corrected chi connectivity index (χ3v) is 9.80. The first-order valence-electron chi connectivity index (χ1n) is 16.4. The van der Waals surface area contributed by atoms with Crippen LogP contribution in [0.4, 0.5) is 17.1 Å². The maximum Gasteiger partial charge on any atom is 0.136 e. The van der Waals surface area contributed by atoms with Gasteiger partial charge >= 0.3 is 0 Å². The van der Waals surface area contributed by atoms with Crippen LogP contribution in [0.5, 0.6) is 0 Å². The number of anilines is 3. The van der Waals surface area contributed by atoms with E-state index in [1.165, 1.54) is 54.2 Å². The summed E-state index contributed by atoms with van der Waals surface area (Å²) in [5, 5.41) is 12.4. The minimum absolute atomic E-state index is 0.910. The van der Waals surface area contributed by atoms with Crippen molar-refractivity contribution in [2.75, 3.05) is 4.90 Å². The molecule has 10 rings (SSSR count). The lowest BCUT2D eigenvalue weighted by Crippen LogP contribution is -2.09. The van der Waals surface area contributed by atoms with Crippen molar-refractivity contribution in [3.63, 3.8) is 0 Å². The van der Waals surface area contributed by atoms with Gasteiger partial charge in [0.05, 0.1) is 0 Å². The molecule has 0 N–H and O–H groups in total. The highest BCUT2D eigenvalue weighted by molar-refractivity contribution is 6.21. The molecule has 0 amide bonds. The average molecular weight is 612 g/mol. The van der Waals surface area contributed by atoms with E-state index in [0.29, 0.717) is 0 Å². The Morgan fingerprint density at radius 2 is 0.917 bits per heavy atom. The number of furan rings is 1. The van der Waals surface area contributed by atoms with Gasteiger partial charge < -0.3 is 9.32 Å². The predicted molar refractivity (Wildman–Crippen MR) is 204 cm³/mol. The SMILES string of the molecule is c1ccc(N(c2ccc(-c3ccc4c(ccc5ccc6ccccc6c54)c3)cc2)c2ccc3ccc4oc5ccccc5c4c3c2)cc1. The molecule has 0 bridgehead atoms. The van der Waals surface area contributed by atoms with Crippen LogP contribution in [0.3, 0.4) is 0 Å². The summed E-state index contributed by atoms with van der Waals surface area (Å²) in [7, 11) is 0. The largest absolute Gasteiger partial charge is 0.456 e. The Morgan fingerprint density at radius 3 is 1.79 bits per heavy atom. The molecule has 10 aromatic rings. The summed E-state index contributed by atoms with van der Waals surface area (Å²) in [6.45, 7) is 0. The van der Waals surface area contributed by atoms with Gasteiger partial charge in [0.1, 0.15) is 11.2 Å². The van der Waals surface area contributed by atoms with Crippen LogP contribution >= 0.6 is 0 Å². The van der Waals surface area contributed by atoms with Crippen LogP contribution in [0.25, 0.3) is 76.2 Å². The summed E-state index contributed by atoms with van der Waals surface area (Å²) in [4.78, 5) is 2.34. The molecule has 1 aromatic heterocycles. The van der Waals surface area contributed by atoms with E-state index >= 15 is 0 Å². The first-order valence-corrected chi connectivity index (χ1v) is 16.4. The molecule has 9 aromatic carbocycles. The van der Waals surface area contributed by atoms with Crippen molar-refractivity contribution in [1.29, 1.82) is 0 Å². The van der Waals surface area contributed by atoms with Crippen LogP contribution in [-0.4, -0.2) is 0 Å². The molecule has 0 saturated heterocycles. The minimum atomic E-state index is 0.910. The fraction of sp³-hybridized carbons (Fsp3) is 0. The van der Waals surface area contributed by atoms with Gasteiger partial charge in [-0.3, -0.25) is 0 Å². The molecule has 0 aliphatic heterocycles. The zero-order valence-corrected chi connectivity index (χ0v) is 26.1. The molecular formula is C46H29NO. The number of para-hydroxylation sites is 2. The third-order valence-electron chi connectivity index (χ3n) is 9.80. The number of rotatable bonds is 4. The van der Waals surface area contributed by atoms with Gasteiger partial charge in [0.25, 0.3) is 0 Å². The number of hydrogen-bond donors (Lipinski definition) is 0. The predicted octanol–water partition coefficient (Wildman–Crippen LogP) is 13.3. The number of benzene rings is 9. The molecule has 0 aliphatic carbocycles. The Morgan fingerprint density at radius 1 is 0.312 bits per heavy atom. The summed E-state index contributed by atoms with van der Waals surface area (Å²) in [5.41, 5.74) is 7.54. The minimum Gasteiger partial charge on any atom is -0.456 e. The van der Waals surface area contributed by atoms with Crippen LogP contribution in [0, 0.1) is 0 Å². The summed E-state index contributed by atoms with van der Waals surface area (Å²) in [5.74, 6) is 0. The van der Waals surface area contributed by atoms with Gasteiger partial charge in [0, 0.05) is 27.8 Å². The summed E-state index contributed by atoms with van der Waals surface area (Å²) >= 11 is 0. The third kappa shape index (κ3) is 4.20. The van der Waals surface area contributed by atoms with Gasteiger partial charge in [0.2, 0.25) is 0 Å². The number of nitrogens with zero attached hydrogens (tertiary/aromatic N) is 1. The van der Waals surface area contributed by atoms with E-state index in [0.717, 1.165) is 39.0 Å². The summed E-state index contributed by atoms with van der Waals surface area (Å²) in [6.07, 6.45) is 0. The molecule has 0 saturated carbocycles. The van der Waals surface area contributed by atoms with Crippen molar-refractivity contribution >= 4 is 82.1 Å². The topological polar surface area (TPSA) is 16.4 Å². The lowest BCUT2D eigenvalue weighted by molar-refractivity contribution is 0.669. The fourth-order valence-electron chi connectivity index (χ4n) is 7.51. The maximum absolute atomic E-state index is 6.24. The van der Waals surface area contributed by atoms with Crippen molar-refractivity contribution in [2.24, 2.45) is 0 Å². The van der Waals surface area contributed by atoms with Crippen LogP contribution in [-0.2, 0) is 0 Å². The Kier molecular flexibility index (Phi) is 5.91. The summed E-state index contributed by atoms with van der Waals surface area (Å²) < 4.78 is 6.24. The lowest BCUT2D eigenvalue weighted by atomic mass is 9.94. The highest BCUT2D eigenvalue weighted by atomic mass is 16.3. The van der Waals surface area contributed by atoms with Gasteiger partial charge in [-0.2, -0.15) is 0 Å². The molecule has 0 aliphatic rings. The van der Waals surface area contributed by atoms with Crippen LogP contribution < -0.4 is 4.90 Å². The van der Waals surface area contributed by atoms with E-state index in [9.17, 15) is 0 Å². The first-order chi connectivity index (χ1) is 23.8. The molecule has 48 heavy (non-hydrogen) atoms. The molecule has 0 atom stereocenters. The Hall–Kier alpha value is -6.38. The van der Waals surface area contributed by atoms with Gasteiger partial charge in [-0.25, -0.2) is 0 Å². The Balaban J connectivity index is 1.09. The quantitative estimate of drug-likeness (QED) is 0.184. The molecule has 224 valence electrons. The lowest BCUT2D eigenvalue weighted by Gasteiger charge is -2.26. The Bertz CT molecular complexity index is 2830. The molecule has 1 heterocycles. The maximum atomic E-state index is 6.24. The van der Waals surface area contributed by atoms with Crippen molar-refractivity contribution in [3.8, 4) is 11.1 Å². The number of fused-ring (bicyclic) bond motifs is 10. The second kappa shape index (κ2) is 10.6. The summed E-state index contributed by atoms with van der Waals surface area (Å²) in [6, 6.07) is 63.3. The molecule has 0 fully saturated rings. The molecule has 2 nitrogen and oxygen atoms in total. The van der Waals surface area contributed by atoms with Gasteiger partial charge in [0.15, 0.2) is 0 Å². The smallest absolute Gasteiger partial charge is 0.136 e. The zero-order chi connectivity index (χ0) is 31.6. The van der Waals surface area contributed by atoms with Crippen LogP contribution in [0.1, 0.15) is 0 Å². The van der Waals surface area contributed by atoms with Gasteiger partial charge in [-0.15, -0.1) is 0 Å². The van der Waals surface area contributed by atoms with E-state index in [4.69, 9.17) is 4.42 Å².